The molecule has 0 amide bonds. The first-order valence-corrected chi connectivity index (χ1v) is 12.6. The Bertz CT molecular complexity index is 746. The molecule has 0 N–H and O–H groups in total. The number of hydrogen-bond donors (Lipinski definition) is 0. The minimum atomic E-state index is -1.65. The molecule has 0 aromatic heterocycles. The van der Waals surface area contributed by atoms with Crippen molar-refractivity contribution in [3.05, 3.63) is 35.2 Å². The highest BCUT2D eigenvalue weighted by Gasteiger charge is 2.54. The number of hydrogen-bond acceptors (Lipinski definition) is 2. The topological polar surface area (TPSA) is 18.5 Å². The van der Waals surface area contributed by atoms with Gasteiger partial charge in [-0.3, -0.25) is 0 Å². The SMILES string of the molecule is CC1(C)OB(c2c(F)ccc3c2C=C[C@@H]3[Si](C)(C)C(C)(C)C)OC1(C)C. The zero-order chi connectivity index (χ0) is 19.7. The fourth-order valence-electron chi connectivity index (χ4n) is 3.68. The third-order valence-corrected chi connectivity index (χ3v) is 13.2. The highest BCUT2D eigenvalue weighted by molar-refractivity contribution is 6.82. The second kappa shape index (κ2) is 5.79. The molecule has 1 aromatic carbocycles. The van der Waals surface area contributed by atoms with Crippen LogP contribution in [0.2, 0.25) is 18.1 Å². The van der Waals surface area contributed by atoms with Crippen molar-refractivity contribution in [2.75, 3.05) is 0 Å². The van der Waals surface area contributed by atoms with E-state index < -0.39 is 26.4 Å². The zero-order valence-electron chi connectivity index (χ0n) is 17.7. The summed E-state index contributed by atoms with van der Waals surface area (Å²) in [5.41, 5.74) is 2.15. The minimum absolute atomic E-state index is 0.247. The molecule has 142 valence electrons. The number of allylic oxidation sites excluding steroid dienone is 1. The van der Waals surface area contributed by atoms with Gasteiger partial charge in [0.05, 0.1) is 19.3 Å². The van der Waals surface area contributed by atoms with Gasteiger partial charge in [0.25, 0.3) is 0 Å². The largest absolute Gasteiger partial charge is 0.498 e. The Morgan fingerprint density at radius 2 is 1.58 bits per heavy atom. The summed E-state index contributed by atoms with van der Waals surface area (Å²) < 4.78 is 27.2. The van der Waals surface area contributed by atoms with E-state index >= 15 is 0 Å². The van der Waals surface area contributed by atoms with Gasteiger partial charge in [-0.05, 0) is 55.5 Å². The van der Waals surface area contributed by atoms with Crippen LogP contribution in [0.1, 0.15) is 65.1 Å². The third-order valence-electron chi connectivity index (χ3n) is 7.26. The predicted octanol–water partition coefficient (Wildman–Crippen LogP) is 5.28. The van der Waals surface area contributed by atoms with Crippen LogP contribution in [0.15, 0.2) is 18.2 Å². The normalized spacial score (nSPS) is 24.2. The van der Waals surface area contributed by atoms with Gasteiger partial charge in [-0.15, -0.1) is 0 Å². The van der Waals surface area contributed by atoms with Crippen molar-refractivity contribution in [2.24, 2.45) is 0 Å². The summed E-state index contributed by atoms with van der Waals surface area (Å²) in [7, 11) is -2.32. The summed E-state index contributed by atoms with van der Waals surface area (Å²) in [6.45, 7) is 19.8. The van der Waals surface area contributed by atoms with Crippen molar-refractivity contribution >= 4 is 26.7 Å². The molecule has 1 aliphatic heterocycles. The molecule has 5 heteroatoms. The lowest BCUT2D eigenvalue weighted by Gasteiger charge is -2.41. The van der Waals surface area contributed by atoms with E-state index in [1.54, 1.807) is 6.07 Å². The molecule has 0 bridgehead atoms. The zero-order valence-corrected chi connectivity index (χ0v) is 18.7. The molecule has 2 nitrogen and oxygen atoms in total. The lowest BCUT2D eigenvalue weighted by atomic mass is 9.74. The van der Waals surface area contributed by atoms with Gasteiger partial charge in [-0.2, -0.15) is 0 Å². The van der Waals surface area contributed by atoms with E-state index in [-0.39, 0.29) is 10.9 Å². The van der Waals surface area contributed by atoms with E-state index in [2.05, 4.69) is 46.0 Å². The predicted molar refractivity (Wildman–Crippen MR) is 111 cm³/mol. The molecule has 1 saturated heterocycles. The molecule has 0 saturated carbocycles. The smallest absolute Gasteiger partial charge is 0.399 e. The molecule has 2 aliphatic rings. The lowest BCUT2D eigenvalue weighted by Crippen LogP contribution is -2.44. The number of benzene rings is 1. The molecule has 3 rings (SSSR count). The molecular weight excluding hydrogens is 342 g/mol. The highest BCUT2D eigenvalue weighted by Crippen LogP contribution is 2.48. The molecule has 1 fully saturated rings. The van der Waals surface area contributed by atoms with Gasteiger partial charge in [-0.1, -0.05) is 52.1 Å². The average Bonchev–Trinajstić information content (AvgIpc) is 2.96. The molecule has 1 aliphatic carbocycles. The Kier molecular flexibility index (Phi) is 4.42. The molecule has 1 heterocycles. The van der Waals surface area contributed by atoms with Crippen LogP contribution >= 0.6 is 0 Å². The Hall–Kier alpha value is -0.908. The van der Waals surface area contributed by atoms with E-state index in [1.807, 2.05) is 33.8 Å². The first kappa shape index (κ1) is 19.8. The molecule has 1 aromatic rings. The molecule has 0 radical (unpaired) electrons. The maximum absolute atomic E-state index is 14.9. The molecule has 26 heavy (non-hydrogen) atoms. The third kappa shape index (κ3) is 2.83. The van der Waals surface area contributed by atoms with Crippen molar-refractivity contribution < 1.29 is 13.7 Å². The molecule has 1 atom stereocenters. The summed E-state index contributed by atoms with van der Waals surface area (Å²) in [4.78, 5) is 0. The lowest BCUT2D eigenvalue weighted by molar-refractivity contribution is 0.00578. The Morgan fingerprint density at radius 1 is 1.04 bits per heavy atom. The van der Waals surface area contributed by atoms with Crippen LogP contribution in [0, 0.1) is 5.82 Å². The summed E-state index contributed by atoms with van der Waals surface area (Å²) in [6.07, 6.45) is 4.36. The standard InChI is InChI=1S/C21H32BFO2Si/c1-19(2,3)26(8,9)17-13-11-15-14(17)10-12-16(23)18(15)22-24-20(4,5)21(6,7)25-22/h10-13,17H,1-9H3/t17-/m0/s1. The maximum atomic E-state index is 14.9. The monoisotopic (exact) mass is 374 g/mol. The quantitative estimate of drug-likeness (QED) is 0.656. The van der Waals surface area contributed by atoms with Gasteiger partial charge < -0.3 is 9.31 Å². The highest BCUT2D eigenvalue weighted by atomic mass is 28.3. The average molecular weight is 374 g/mol. The van der Waals surface area contributed by atoms with Crippen LogP contribution in [0.25, 0.3) is 6.08 Å². The van der Waals surface area contributed by atoms with Crippen molar-refractivity contribution in [3.63, 3.8) is 0 Å². The number of fused-ring (bicyclic) bond motifs is 1. The fraction of sp³-hybridized carbons (Fsp3) is 0.619. The van der Waals surface area contributed by atoms with E-state index in [4.69, 9.17) is 9.31 Å². The van der Waals surface area contributed by atoms with Crippen LogP contribution in [0.3, 0.4) is 0 Å². The van der Waals surface area contributed by atoms with Crippen molar-refractivity contribution in [1.29, 1.82) is 0 Å². The first-order chi connectivity index (χ1) is 11.7. The second-order valence-electron chi connectivity index (χ2n) is 10.4. The number of rotatable bonds is 2. The summed E-state index contributed by atoms with van der Waals surface area (Å²) >= 11 is 0. The van der Waals surface area contributed by atoms with Crippen LogP contribution in [0.4, 0.5) is 4.39 Å². The van der Waals surface area contributed by atoms with Crippen LogP contribution < -0.4 is 5.46 Å². The summed E-state index contributed by atoms with van der Waals surface area (Å²) in [5, 5.41) is 0.252. The van der Waals surface area contributed by atoms with E-state index in [9.17, 15) is 4.39 Å². The minimum Gasteiger partial charge on any atom is -0.399 e. The van der Waals surface area contributed by atoms with Crippen LogP contribution in [-0.2, 0) is 9.31 Å². The van der Waals surface area contributed by atoms with Crippen molar-refractivity contribution in [1.82, 2.24) is 0 Å². The summed E-state index contributed by atoms with van der Waals surface area (Å²) in [6, 6.07) is 3.55. The van der Waals surface area contributed by atoms with Gasteiger partial charge in [-0.25, -0.2) is 4.39 Å². The van der Waals surface area contributed by atoms with E-state index in [0.29, 0.717) is 11.0 Å². The molecule has 0 unspecified atom stereocenters. The summed E-state index contributed by atoms with van der Waals surface area (Å²) in [5.74, 6) is -0.247. The Labute approximate surface area is 159 Å². The van der Waals surface area contributed by atoms with E-state index in [1.165, 1.54) is 5.56 Å². The van der Waals surface area contributed by atoms with Crippen molar-refractivity contribution in [2.45, 2.75) is 83.3 Å². The van der Waals surface area contributed by atoms with Crippen molar-refractivity contribution in [3.8, 4) is 0 Å². The maximum Gasteiger partial charge on any atom is 0.498 e. The second-order valence-corrected chi connectivity index (χ2v) is 15.9. The van der Waals surface area contributed by atoms with Crippen LogP contribution in [0.5, 0.6) is 0 Å². The van der Waals surface area contributed by atoms with Gasteiger partial charge >= 0.3 is 7.12 Å². The first-order valence-electron chi connectivity index (χ1n) is 9.55. The van der Waals surface area contributed by atoms with Gasteiger partial charge in [0.2, 0.25) is 0 Å². The fourth-order valence-corrected chi connectivity index (χ4v) is 6.22. The number of halogens is 1. The molecular formula is C21H32BFO2Si. The van der Waals surface area contributed by atoms with Crippen LogP contribution in [-0.4, -0.2) is 26.4 Å². The van der Waals surface area contributed by atoms with Gasteiger partial charge in [0, 0.05) is 5.46 Å². The molecule has 0 spiro atoms. The van der Waals surface area contributed by atoms with Gasteiger partial charge in [0.15, 0.2) is 0 Å². The van der Waals surface area contributed by atoms with Gasteiger partial charge in [0.1, 0.15) is 5.82 Å². The Balaban J connectivity index is 2.07. The Morgan fingerprint density at radius 3 is 2.08 bits per heavy atom. The van der Waals surface area contributed by atoms with E-state index in [0.717, 1.165) is 5.56 Å².